The molecule has 0 aromatic rings. The van der Waals surface area contributed by atoms with E-state index >= 15 is 0 Å². The number of hydrogen-bond donors (Lipinski definition) is 3. The maximum Gasteiger partial charge on any atom is 0.242 e. The molecule has 0 aliphatic carbocycles. The van der Waals surface area contributed by atoms with Gasteiger partial charge >= 0.3 is 0 Å². The summed E-state index contributed by atoms with van der Waals surface area (Å²) in [5.41, 5.74) is 11.4. The summed E-state index contributed by atoms with van der Waals surface area (Å²) in [7, 11) is 0. The van der Waals surface area contributed by atoms with Crippen LogP contribution in [0.4, 0.5) is 0 Å². The molecule has 2 amide bonds. The number of piperidine rings is 1. The molecule has 5 N–H and O–H groups in total. The third kappa shape index (κ3) is 2.97. The molecular weight excluding hydrogens is 184 g/mol. The molecule has 1 fully saturated rings. The molecule has 1 saturated heterocycles. The van der Waals surface area contributed by atoms with Crippen LogP contribution in [-0.2, 0) is 9.59 Å². The van der Waals surface area contributed by atoms with Crippen LogP contribution in [0.3, 0.4) is 0 Å². The van der Waals surface area contributed by atoms with Crippen molar-refractivity contribution in [2.45, 2.75) is 18.5 Å². The van der Waals surface area contributed by atoms with Gasteiger partial charge in [-0.05, 0) is 6.42 Å². The largest absolute Gasteiger partial charge is 0.350 e. The minimum Gasteiger partial charge on any atom is -0.350 e. The summed E-state index contributed by atoms with van der Waals surface area (Å²) in [5, 5.41) is 2.32. The van der Waals surface area contributed by atoms with Gasteiger partial charge in [-0.2, -0.15) is 0 Å². The Morgan fingerprint density at radius 2 is 2.00 bits per heavy atom. The monoisotopic (exact) mass is 200 g/mol. The molecule has 0 spiro atoms. The van der Waals surface area contributed by atoms with Gasteiger partial charge in [-0.1, -0.05) is 0 Å². The molecule has 0 bridgehead atoms. The Morgan fingerprint density at radius 3 is 2.50 bits per heavy atom. The molecule has 1 aliphatic rings. The lowest BCUT2D eigenvalue weighted by molar-refractivity contribution is -0.132. The number of rotatable bonds is 3. The number of nitrogens with zero attached hydrogens (tertiary/aromatic N) is 1. The summed E-state index contributed by atoms with van der Waals surface area (Å²) in [6.07, 6.45) is 1.24. The van der Waals surface area contributed by atoms with E-state index in [2.05, 4.69) is 5.32 Å². The van der Waals surface area contributed by atoms with Gasteiger partial charge in [0.1, 0.15) is 0 Å². The van der Waals surface area contributed by atoms with E-state index in [1.165, 1.54) is 0 Å². The van der Waals surface area contributed by atoms with Crippen LogP contribution in [0.25, 0.3) is 0 Å². The Bertz CT molecular complexity index is 211. The van der Waals surface area contributed by atoms with Gasteiger partial charge in [-0.25, -0.2) is 0 Å². The average molecular weight is 200 g/mol. The van der Waals surface area contributed by atoms with Crippen molar-refractivity contribution < 1.29 is 9.59 Å². The smallest absolute Gasteiger partial charge is 0.242 e. The van der Waals surface area contributed by atoms with Crippen LogP contribution < -0.4 is 16.8 Å². The predicted molar refractivity (Wildman–Crippen MR) is 51.2 cm³/mol. The van der Waals surface area contributed by atoms with Gasteiger partial charge in [-0.3, -0.25) is 9.59 Å². The summed E-state index contributed by atoms with van der Waals surface area (Å²) in [6.45, 7) is 1.06. The molecule has 0 aromatic heterocycles. The first kappa shape index (κ1) is 10.9. The first-order valence-corrected chi connectivity index (χ1v) is 4.59. The summed E-state index contributed by atoms with van der Waals surface area (Å²) < 4.78 is 0. The highest BCUT2D eigenvalue weighted by Crippen LogP contribution is 2.07. The number of hydrogen-bond acceptors (Lipinski definition) is 4. The van der Waals surface area contributed by atoms with Gasteiger partial charge in [0.15, 0.2) is 0 Å². The van der Waals surface area contributed by atoms with Crippen molar-refractivity contribution in [2.24, 2.45) is 11.5 Å². The van der Waals surface area contributed by atoms with E-state index < -0.39 is 0 Å². The first-order valence-electron chi connectivity index (χ1n) is 4.59. The molecule has 1 rings (SSSR count). The van der Waals surface area contributed by atoms with Crippen molar-refractivity contribution in [3.05, 3.63) is 0 Å². The standard InChI is InChI=1S/C8H16N4O2/c9-6-1-7(10)4-12(3-6)8(14)2-11-5-13/h5-7H,1-4,9-10H2,(H,11,13). The molecule has 1 aliphatic heterocycles. The van der Waals surface area contributed by atoms with Gasteiger partial charge in [0, 0.05) is 25.2 Å². The number of likely N-dealkylation sites (tertiary alicyclic amines) is 1. The first-order chi connectivity index (χ1) is 6.63. The lowest BCUT2D eigenvalue weighted by Crippen LogP contribution is -2.55. The lowest BCUT2D eigenvalue weighted by Gasteiger charge is -2.34. The number of nitrogens with one attached hydrogen (secondary N) is 1. The number of nitrogens with two attached hydrogens (primary N) is 2. The minimum atomic E-state index is -0.136. The zero-order valence-electron chi connectivity index (χ0n) is 7.98. The Labute approximate surface area is 82.6 Å². The van der Waals surface area contributed by atoms with E-state index in [0.717, 1.165) is 6.42 Å². The summed E-state index contributed by atoms with van der Waals surface area (Å²) in [6, 6.07) is -0.113. The van der Waals surface area contributed by atoms with E-state index in [1.807, 2.05) is 0 Å². The minimum absolute atomic E-state index is 0.0168. The average Bonchev–Trinajstić information content (AvgIpc) is 2.12. The lowest BCUT2D eigenvalue weighted by atomic mass is 10.0. The second-order valence-electron chi connectivity index (χ2n) is 3.55. The topological polar surface area (TPSA) is 101 Å². The van der Waals surface area contributed by atoms with Crippen LogP contribution in [0.1, 0.15) is 6.42 Å². The maximum atomic E-state index is 11.4. The fourth-order valence-corrected chi connectivity index (χ4v) is 1.62. The zero-order valence-corrected chi connectivity index (χ0v) is 7.98. The zero-order chi connectivity index (χ0) is 10.6. The van der Waals surface area contributed by atoms with Crippen molar-refractivity contribution in [1.82, 2.24) is 10.2 Å². The third-order valence-corrected chi connectivity index (χ3v) is 2.20. The highest BCUT2D eigenvalue weighted by molar-refractivity contribution is 5.80. The molecule has 6 heteroatoms. The summed E-state index contributed by atoms with van der Waals surface area (Å²) in [5.74, 6) is -0.136. The van der Waals surface area contributed by atoms with Crippen molar-refractivity contribution in [1.29, 1.82) is 0 Å². The molecule has 0 saturated carbocycles. The van der Waals surface area contributed by atoms with Crippen molar-refractivity contribution >= 4 is 12.3 Å². The van der Waals surface area contributed by atoms with Crippen LogP contribution >= 0.6 is 0 Å². The summed E-state index contributed by atoms with van der Waals surface area (Å²) in [4.78, 5) is 23.0. The summed E-state index contributed by atoms with van der Waals surface area (Å²) >= 11 is 0. The van der Waals surface area contributed by atoms with Crippen molar-refractivity contribution in [3.63, 3.8) is 0 Å². The van der Waals surface area contributed by atoms with Gasteiger partial charge in [0.2, 0.25) is 12.3 Å². The van der Waals surface area contributed by atoms with Gasteiger partial charge < -0.3 is 21.7 Å². The van der Waals surface area contributed by atoms with E-state index in [-0.39, 0.29) is 24.5 Å². The fourth-order valence-electron chi connectivity index (χ4n) is 1.62. The molecular formula is C8H16N4O2. The normalized spacial score (nSPS) is 27.1. The van der Waals surface area contributed by atoms with Crippen molar-refractivity contribution in [2.75, 3.05) is 19.6 Å². The number of carbonyl (C=O) groups is 2. The Kier molecular flexibility index (Phi) is 3.84. The van der Waals surface area contributed by atoms with Crippen LogP contribution in [0.15, 0.2) is 0 Å². The molecule has 80 valence electrons. The van der Waals surface area contributed by atoms with Gasteiger partial charge in [-0.15, -0.1) is 0 Å². The SMILES string of the molecule is NC1CC(N)CN(C(=O)CNC=O)C1. The van der Waals surface area contributed by atoms with E-state index in [0.29, 0.717) is 19.5 Å². The molecule has 0 aromatic carbocycles. The van der Waals surface area contributed by atoms with Gasteiger partial charge in [0.05, 0.1) is 6.54 Å². The fraction of sp³-hybridized carbons (Fsp3) is 0.750. The second-order valence-corrected chi connectivity index (χ2v) is 3.55. The maximum absolute atomic E-state index is 11.4. The van der Waals surface area contributed by atoms with E-state index in [4.69, 9.17) is 11.5 Å². The molecule has 14 heavy (non-hydrogen) atoms. The molecule has 2 atom stereocenters. The Balaban J connectivity index is 2.42. The number of carbonyl (C=O) groups excluding carboxylic acids is 2. The van der Waals surface area contributed by atoms with Crippen molar-refractivity contribution in [3.8, 4) is 0 Å². The highest BCUT2D eigenvalue weighted by Gasteiger charge is 2.25. The number of amides is 2. The van der Waals surface area contributed by atoms with Crippen LogP contribution in [0.5, 0.6) is 0 Å². The van der Waals surface area contributed by atoms with Crippen LogP contribution in [0, 0.1) is 0 Å². The highest BCUT2D eigenvalue weighted by atomic mass is 16.2. The second kappa shape index (κ2) is 4.92. The molecule has 6 nitrogen and oxygen atoms in total. The third-order valence-electron chi connectivity index (χ3n) is 2.20. The Morgan fingerprint density at radius 1 is 1.43 bits per heavy atom. The van der Waals surface area contributed by atoms with Crippen LogP contribution in [-0.4, -0.2) is 48.9 Å². The van der Waals surface area contributed by atoms with E-state index in [9.17, 15) is 9.59 Å². The quantitative estimate of drug-likeness (QED) is 0.443. The van der Waals surface area contributed by atoms with Gasteiger partial charge in [0.25, 0.3) is 0 Å². The molecule has 2 unspecified atom stereocenters. The molecule has 0 radical (unpaired) electrons. The van der Waals surface area contributed by atoms with Crippen LogP contribution in [0.2, 0.25) is 0 Å². The predicted octanol–water partition coefficient (Wildman–Crippen LogP) is -2.38. The van der Waals surface area contributed by atoms with E-state index in [1.54, 1.807) is 4.90 Å². The Hall–Kier alpha value is -1.14. The molecule has 1 heterocycles.